The lowest BCUT2D eigenvalue weighted by atomic mass is 9.99. The molecule has 0 heterocycles. The van der Waals surface area contributed by atoms with E-state index in [-0.39, 0.29) is 23.0 Å². The standard InChI is InChI=1S/C19H23NO2S/c1-19(2,3)23(22)20-17(15-10-6-4-7-11-15)14-18(21)16-12-8-5-9-13-16/h4-13,17,20H,14H2,1-3H3/t17-,23+/m1/s1. The summed E-state index contributed by atoms with van der Waals surface area (Å²) in [5.41, 5.74) is 1.64. The van der Waals surface area contributed by atoms with E-state index in [1.807, 2.05) is 81.4 Å². The number of rotatable bonds is 6. The van der Waals surface area contributed by atoms with Crippen LogP contribution in [-0.4, -0.2) is 14.7 Å². The van der Waals surface area contributed by atoms with Gasteiger partial charge in [-0.1, -0.05) is 60.7 Å². The van der Waals surface area contributed by atoms with Crippen molar-refractivity contribution < 1.29 is 9.00 Å². The highest BCUT2D eigenvalue weighted by Gasteiger charge is 2.25. The minimum absolute atomic E-state index is 0.0397. The Kier molecular flexibility index (Phi) is 5.85. The van der Waals surface area contributed by atoms with Crippen LogP contribution in [-0.2, 0) is 11.0 Å². The molecular weight excluding hydrogens is 306 g/mol. The van der Waals surface area contributed by atoms with Crippen molar-refractivity contribution in [1.29, 1.82) is 0 Å². The lowest BCUT2D eigenvalue weighted by Crippen LogP contribution is -2.36. The predicted octanol–water partition coefficient (Wildman–Crippen LogP) is 4.05. The van der Waals surface area contributed by atoms with Crippen molar-refractivity contribution in [2.24, 2.45) is 0 Å². The van der Waals surface area contributed by atoms with Crippen molar-refractivity contribution in [3.8, 4) is 0 Å². The van der Waals surface area contributed by atoms with E-state index in [2.05, 4.69) is 4.72 Å². The third-order valence-electron chi connectivity index (χ3n) is 3.49. The molecule has 0 amide bonds. The van der Waals surface area contributed by atoms with Crippen molar-refractivity contribution >= 4 is 16.8 Å². The quantitative estimate of drug-likeness (QED) is 0.813. The first-order chi connectivity index (χ1) is 10.9. The summed E-state index contributed by atoms with van der Waals surface area (Å²) >= 11 is 0. The maximum Gasteiger partial charge on any atom is 0.164 e. The molecule has 0 aromatic heterocycles. The van der Waals surface area contributed by atoms with Gasteiger partial charge in [0.05, 0.1) is 21.8 Å². The number of carbonyl (C=O) groups is 1. The number of ketones is 1. The molecule has 0 spiro atoms. The molecule has 2 aromatic carbocycles. The zero-order valence-corrected chi connectivity index (χ0v) is 14.6. The Morgan fingerprint density at radius 1 is 1.00 bits per heavy atom. The van der Waals surface area contributed by atoms with E-state index in [4.69, 9.17) is 0 Å². The average Bonchev–Trinajstić information content (AvgIpc) is 2.55. The fourth-order valence-electron chi connectivity index (χ4n) is 2.15. The molecule has 0 radical (unpaired) electrons. The summed E-state index contributed by atoms with van der Waals surface area (Å²) in [6.45, 7) is 5.74. The van der Waals surface area contributed by atoms with Crippen molar-refractivity contribution in [2.75, 3.05) is 0 Å². The molecule has 0 saturated heterocycles. The van der Waals surface area contributed by atoms with Gasteiger partial charge in [-0.05, 0) is 26.3 Å². The van der Waals surface area contributed by atoms with E-state index in [0.29, 0.717) is 5.56 Å². The fourth-order valence-corrected chi connectivity index (χ4v) is 2.98. The van der Waals surface area contributed by atoms with Crippen molar-refractivity contribution in [2.45, 2.75) is 38.0 Å². The van der Waals surface area contributed by atoms with Crippen molar-refractivity contribution in [1.82, 2.24) is 4.72 Å². The Balaban J connectivity index is 2.21. The van der Waals surface area contributed by atoms with Gasteiger partial charge in [-0.2, -0.15) is 0 Å². The molecule has 0 aliphatic rings. The summed E-state index contributed by atoms with van der Waals surface area (Å²) < 4.78 is 15.2. The van der Waals surface area contributed by atoms with Crippen LogP contribution in [0.25, 0.3) is 0 Å². The van der Waals surface area contributed by atoms with Crippen LogP contribution in [0.2, 0.25) is 0 Å². The summed E-state index contributed by atoms with van der Waals surface area (Å²) in [7, 11) is -1.24. The van der Waals surface area contributed by atoms with Gasteiger partial charge in [-0.15, -0.1) is 0 Å². The number of Topliss-reactive ketones (excluding diaryl/α,β-unsaturated/α-hetero) is 1. The minimum atomic E-state index is -1.24. The van der Waals surface area contributed by atoms with Crippen LogP contribution < -0.4 is 4.72 Å². The summed E-state index contributed by atoms with van der Waals surface area (Å²) in [5.74, 6) is 0.0397. The van der Waals surface area contributed by atoms with Crippen LogP contribution in [0.3, 0.4) is 0 Å². The Morgan fingerprint density at radius 2 is 1.52 bits per heavy atom. The SMILES string of the molecule is CC(C)(C)[S@](=O)N[C@H](CC(=O)c1ccccc1)c1ccccc1. The molecule has 0 fully saturated rings. The summed E-state index contributed by atoms with van der Waals surface area (Å²) in [6, 6.07) is 18.6. The number of benzene rings is 2. The highest BCUT2D eigenvalue weighted by molar-refractivity contribution is 7.84. The van der Waals surface area contributed by atoms with E-state index in [9.17, 15) is 9.00 Å². The first-order valence-corrected chi connectivity index (χ1v) is 8.84. The molecule has 0 unspecified atom stereocenters. The fraction of sp³-hybridized carbons (Fsp3) is 0.316. The van der Waals surface area contributed by atoms with Crippen LogP contribution in [0.5, 0.6) is 0 Å². The molecule has 1 N–H and O–H groups in total. The van der Waals surface area contributed by atoms with Gasteiger partial charge in [0, 0.05) is 12.0 Å². The van der Waals surface area contributed by atoms with Crippen LogP contribution in [0.15, 0.2) is 60.7 Å². The first-order valence-electron chi connectivity index (χ1n) is 7.69. The van der Waals surface area contributed by atoms with Gasteiger partial charge in [0.25, 0.3) is 0 Å². The van der Waals surface area contributed by atoms with Gasteiger partial charge >= 0.3 is 0 Å². The smallest absolute Gasteiger partial charge is 0.164 e. The van der Waals surface area contributed by atoms with Crippen molar-refractivity contribution in [3.63, 3.8) is 0 Å². The zero-order chi connectivity index (χ0) is 16.9. The second-order valence-corrected chi connectivity index (χ2v) is 8.45. The first kappa shape index (κ1) is 17.6. The van der Waals surface area contributed by atoms with Gasteiger partial charge in [-0.25, -0.2) is 8.93 Å². The molecule has 2 rings (SSSR count). The molecule has 0 saturated carbocycles. The lowest BCUT2D eigenvalue weighted by molar-refractivity contribution is 0.0972. The molecule has 122 valence electrons. The minimum Gasteiger partial charge on any atom is -0.294 e. The van der Waals surface area contributed by atoms with Crippen LogP contribution >= 0.6 is 0 Å². The monoisotopic (exact) mass is 329 g/mol. The zero-order valence-electron chi connectivity index (χ0n) is 13.8. The Bertz CT molecular complexity index is 663. The topological polar surface area (TPSA) is 46.2 Å². The Labute approximate surface area is 140 Å². The van der Waals surface area contributed by atoms with E-state index >= 15 is 0 Å². The highest BCUT2D eigenvalue weighted by Crippen LogP contribution is 2.22. The molecule has 0 bridgehead atoms. The van der Waals surface area contributed by atoms with E-state index in [1.54, 1.807) is 0 Å². The third-order valence-corrected chi connectivity index (χ3v) is 5.10. The predicted molar refractivity (Wildman–Crippen MR) is 95.6 cm³/mol. The van der Waals surface area contributed by atoms with Crippen molar-refractivity contribution in [3.05, 3.63) is 71.8 Å². The Hall–Kier alpha value is -1.78. The van der Waals surface area contributed by atoms with Crippen LogP contribution in [0.1, 0.15) is 49.2 Å². The molecule has 3 nitrogen and oxygen atoms in total. The van der Waals surface area contributed by atoms with Gasteiger partial charge < -0.3 is 0 Å². The molecule has 2 atom stereocenters. The molecule has 0 aliphatic heterocycles. The van der Waals surface area contributed by atoms with Gasteiger partial charge in [0.1, 0.15) is 0 Å². The third kappa shape index (κ3) is 5.12. The summed E-state index contributed by atoms with van der Waals surface area (Å²) in [5, 5.41) is 0. The van der Waals surface area contributed by atoms with Gasteiger partial charge in [0.15, 0.2) is 5.78 Å². The van der Waals surface area contributed by atoms with Gasteiger partial charge in [0.2, 0.25) is 0 Å². The molecular formula is C19H23NO2S. The van der Waals surface area contributed by atoms with E-state index in [1.165, 1.54) is 0 Å². The van der Waals surface area contributed by atoms with E-state index < -0.39 is 11.0 Å². The number of carbonyl (C=O) groups excluding carboxylic acids is 1. The maximum absolute atomic E-state index is 12.5. The summed E-state index contributed by atoms with van der Waals surface area (Å²) in [4.78, 5) is 12.5. The second kappa shape index (κ2) is 7.66. The maximum atomic E-state index is 12.5. The molecule has 0 aliphatic carbocycles. The normalized spacial score (nSPS) is 14.2. The molecule has 23 heavy (non-hydrogen) atoms. The van der Waals surface area contributed by atoms with Gasteiger partial charge in [-0.3, -0.25) is 4.79 Å². The molecule has 4 heteroatoms. The highest BCUT2D eigenvalue weighted by atomic mass is 32.2. The number of nitrogens with one attached hydrogen (secondary N) is 1. The summed E-state index contributed by atoms with van der Waals surface area (Å²) in [6.07, 6.45) is 0.274. The lowest BCUT2D eigenvalue weighted by Gasteiger charge is -2.24. The number of hydrogen-bond donors (Lipinski definition) is 1. The van der Waals surface area contributed by atoms with Crippen LogP contribution in [0, 0.1) is 0 Å². The average molecular weight is 329 g/mol. The largest absolute Gasteiger partial charge is 0.294 e. The second-order valence-electron chi connectivity index (χ2n) is 6.46. The molecule has 2 aromatic rings. The number of hydrogen-bond acceptors (Lipinski definition) is 2. The van der Waals surface area contributed by atoms with Crippen LogP contribution in [0.4, 0.5) is 0 Å². The van der Waals surface area contributed by atoms with E-state index in [0.717, 1.165) is 5.56 Å². The Morgan fingerprint density at radius 3 is 2.04 bits per heavy atom.